The summed E-state index contributed by atoms with van der Waals surface area (Å²) in [4.78, 5) is 48.7. The third kappa shape index (κ3) is 3.62. The molecule has 0 radical (unpaired) electrons. The highest BCUT2D eigenvalue weighted by Gasteiger charge is 2.52. The molecule has 2 N–H and O–H groups in total. The molecule has 4 amide bonds. The third-order valence-electron chi connectivity index (χ3n) is 5.35. The van der Waals surface area contributed by atoms with E-state index in [1.165, 1.54) is 25.3 Å². The van der Waals surface area contributed by atoms with Gasteiger partial charge in [-0.05, 0) is 37.7 Å². The summed E-state index contributed by atoms with van der Waals surface area (Å²) in [6, 6.07) is 3.17. The summed E-state index contributed by atoms with van der Waals surface area (Å²) < 4.78 is 5.07. The number of non-ortho nitro benzene ring substituents is 1. The van der Waals surface area contributed by atoms with Gasteiger partial charge in [-0.3, -0.25) is 24.6 Å². The Morgan fingerprint density at radius 2 is 2.07 bits per heavy atom. The molecule has 2 fully saturated rings. The second-order valence-electron chi connectivity index (χ2n) is 7.28. The lowest BCUT2D eigenvalue weighted by Crippen LogP contribution is -2.49. The van der Waals surface area contributed by atoms with Crippen molar-refractivity contribution < 1.29 is 24.0 Å². The highest BCUT2D eigenvalue weighted by molar-refractivity contribution is 6.10. The molecule has 0 aromatic heterocycles. The zero-order chi connectivity index (χ0) is 20.5. The standard InChI is InChI=1S/C18H22N4O6/c1-11-5-7-18(8-6-11)16(24)21(17(25)20-18)10-15(23)19-13-4-3-12(22(26)27)9-14(13)28-2/h3-4,9,11H,5-8,10H2,1-2H3,(H,19,23)(H,20,25). The number of ether oxygens (including phenoxy) is 1. The maximum absolute atomic E-state index is 12.8. The van der Waals surface area contributed by atoms with Crippen LogP contribution in [-0.2, 0) is 9.59 Å². The Morgan fingerprint density at radius 1 is 1.39 bits per heavy atom. The minimum atomic E-state index is -0.908. The first kappa shape index (κ1) is 19.6. The van der Waals surface area contributed by atoms with Crippen LogP contribution in [0, 0.1) is 16.0 Å². The van der Waals surface area contributed by atoms with Crippen molar-refractivity contribution in [1.29, 1.82) is 0 Å². The van der Waals surface area contributed by atoms with Gasteiger partial charge in [-0.25, -0.2) is 4.79 Å². The van der Waals surface area contributed by atoms with E-state index in [2.05, 4.69) is 17.6 Å². The Kier molecular flexibility index (Phi) is 5.21. The van der Waals surface area contributed by atoms with Crippen molar-refractivity contribution in [3.63, 3.8) is 0 Å². The Bertz CT molecular complexity index is 831. The molecule has 1 saturated carbocycles. The monoisotopic (exact) mass is 390 g/mol. The summed E-state index contributed by atoms with van der Waals surface area (Å²) in [5.41, 5.74) is -0.877. The normalized spacial score (nSPS) is 24.2. The van der Waals surface area contributed by atoms with Crippen LogP contribution in [0.15, 0.2) is 18.2 Å². The summed E-state index contributed by atoms with van der Waals surface area (Å²) in [6.07, 6.45) is 2.80. The lowest BCUT2D eigenvalue weighted by Gasteiger charge is -2.33. The summed E-state index contributed by atoms with van der Waals surface area (Å²) in [7, 11) is 1.32. The number of amides is 4. The highest BCUT2D eigenvalue weighted by Crippen LogP contribution is 2.36. The fraction of sp³-hybridized carbons (Fsp3) is 0.500. The van der Waals surface area contributed by atoms with Gasteiger partial charge < -0.3 is 15.4 Å². The van der Waals surface area contributed by atoms with E-state index in [0.717, 1.165) is 17.7 Å². The van der Waals surface area contributed by atoms with Gasteiger partial charge in [0.1, 0.15) is 17.8 Å². The molecule has 1 aromatic rings. The van der Waals surface area contributed by atoms with E-state index in [-0.39, 0.29) is 23.0 Å². The second-order valence-corrected chi connectivity index (χ2v) is 7.28. The third-order valence-corrected chi connectivity index (χ3v) is 5.35. The molecule has 1 saturated heterocycles. The molecule has 28 heavy (non-hydrogen) atoms. The molecule has 10 heteroatoms. The van der Waals surface area contributed by atoms with Crippen LogP contribution in [0.25, 0.3) is 0 Å². The van der Waals surface area contributed by atoms with Gasteiger partial charge in [-0.1, -0.05) is 6.92 Å². The van der Waals surface area contributed by atoms with Crippen LogP contribution in [0.4, 0.5) is 16.2 Å². The zero-order valence-corrected chi connectivity index (χ0v) is 15.7. The SMILES string of the molecule is COc1cc([N+](=O)[O-])ccc1NC(=O)CN1C(=O)NC2(CCC(C)CC2)C1=O. The van der Waals surface area contributed by atoms with E-state index in [4.69, 9.17) is 4.74 Å². The van der Waals surface area contributed by atoms with Crippen molar-refractivity contribution in [2.24, 2.45) is 5.92 Å². The molecule has 1 aliphatic carbocycles. The van der Waals surface area contributed by atoms with Crippen LogP contribution >= 0.6 is 0 Å². The summed E-state index contributed by atoms with van der Waals surface area (Å²) >= 11 is 0. The number of nitro benzene ring substituents is 1. The summed E-state index contributed by atoms with van der Waals surface area (Å²) in [6.45, 7) is 1.67. The molecule has 2 aliphatic rings. The number of benzene rings is 1. The first-order valence-electron chi connectivity index (χ1n) is 9.02. The van der Waals surface area contributed by atoms with Gasteiger partial charge in [0.05, 0.1) is 23.8 Å². The van der Waals surface area contributed by atoms with Gasteiger partial charge in [-0.15, -0.1) is 0 Å². The largest absolute Gasteiger partial charge is 0.494 e. The van der Waals surface area contributed by atoms with Gasteiger partial charge in [0, 0.05) is 6.07 Å². The predicted molar refractivity (Wildman–Crippen MR) is 98.9 cm³/mol. The second kappa shape index (κ2) is 7.45. The number of methoxy groups -OCH3 is 1. The molecule has 1 spiro atoms. The Morgan fingerprint density at radius 3 is 2.68 bits per heavy atom. The molecule has 1 heterocycles. The van der Waals surface area contributed by atoms with Crippen molar-refractivity contribution in [1.82, 2.24) is 10.2 Å². The number of rotatable bonds is 5. The number of anilines is 1. The summed E-state index contributed by atoms with van der Waals surface area (Å²) in [5.74, 6) is -0.369. The number of nitro groups is 1. The minimum Gasteiger partial charge on any atom is -0.494 e. The van der Waals surface area contributed by atoms with Crippen molar-refractivity contribution in [3.8, 4) is 5.75 Å². The topological polar surface area (TPSA) is 131 Å². The fourth-order valence-electron chi connectivity index (χ4n) is 3.64. The van der Waals surface area contributed by atoms with E-state index < -0.39 is 28.9 Å². The van der Waals surface area contributed by atoms with E-state index in [1.807, 2.05) is 0 Å². The lowest BCUT2D eigenvalue weighted by atomic mass is 9.77. The zero-order valence-electron chi connectivity index (χ0n) is 15.7. The first-order chi connectivity index (χ1) is 13.3. The van der Waals surface area contributed by atoms with Crippen molar-refractivity contribution in [3.05, 3.63) is 28.3 Å². The van der Waals surface area contributed by atoms with Crippen LogP contribution in [0.5, 0.6) is 5.75 Å². The average molecular weight is 390 g/mol. The molecule has 0 bridgehead atoms. The number of hydrogen-bond donors (Lipinski definition) is 2. The molecule has 3 rings (SSSR count). The molecular weight excluding hydrogens is 368 g/mol. The van der Waals surface area contributed by atoms with Gasteiger partial charge in [0.2, 0.25) is 5.91 Å². The number of carbonyl (C=O) groups is 3. The number of carbonyl (C=O) groups excluding carboxylic acids is 3. The molecular formula is C18H22N4O6. The van der Waals surface area contributed by atoms with E-state index >= 15 is 0 Å². The maximum Gasteiger partial charge on any atom is 0.325 e. The van der Waals surface area contributed by atoms with Crippen LogP contribution < -0.4 is 15.4 Å². The molecule has 150 valence electrons. The van der Waals surface area contributed by atoms with Gasteiger partial charge >= 0.3 is 6.03 Å². The number of imide groups is 1. The quantitative estimate of drug-likeness (QED) is 0.449. The van der Waals surface area contributed by atoms with E-state index in [9.17, 15) is 24.5 Å². The summed E-state index contributed by atoms with van der Waals surface area (Å²) in [5, 5.41) is 16.1. The molecule has 0 unspecified atom stereocenters. The Balaban J connectivity index is 1.69. The van der Waals surface area contributed by atoms with Gasteiger partial charge in [-0.2, -0.15) is 0 Å². The van der Waals surface area contributed by atoms with Crippen LogP contribution in [-0.4, -0.2) is 46.9 Å². The molecule has 1 aromatic carbocycles. The number of hydrogen-bond acceptors (Lipinski definition) is 6. The fourth-order valence-corrected chi connectivity index (χ4v) is 3.64. The van der Waals surface area contributed by atoms with Crippen LogP contribution in [0.2, 0.25) is 0 Å². The van der Waals surface area contributed by atoms with E-state index in [0.29, 0.717) is 18.8 Å². The average Bonchev–Trinajstić information content (AvgIpc) is 2.88. The maximum atomic E-state index is 12.8. The molecule has 10 nitrogen and oxygen atoms in total. The number of urea groups is 1. The molecule has 1 aliphatic heterocycles. The van der Waals surface area contributed by atoms with Crippen LogP contribution in [0.3, 0.4) is 0 Å². The lowest BCUT2D eigenvalue weighted by molar-refractivity contribution is -0.384. The first-order valence-corrected chi connectivity index (χ1v) is 9.02. The predicted octanol–water partition coefficient (Wildman–Crippen LogP) is 2.04. The minimum absolute atomic E-state index is 0.109. The van der Waals surface area contributed by atoms with Gasteiger partial charge in [0.25, 0.3) is 11.6 Å². The highest BCUT2D eigenvalue weighted by atomic mass is 16.6. The van der Waals surface area contributed by atoms with Gasteiger partial charge in [0.15, 0.2) is 0 Å². The van der Waals surface area contributed by atoms with Crippen LogP contribution in [0.1, 0.15) is 32.6 Å². The molecule has 0 atom stereocenters. The van der Waals surface area contributed by atoms with Crippen molar-refractivity contribution in [2.75, 3.05) is 19.0 Å². The Labute approximate surface area is 161 Å². The smallest absolute Gasteiger partial charge is 0.325 e. The Hall–Kier alpha value is -3.17. The van der Waals surface area contributed by atoms with Crippen molar-refractivity contribution in [2.45, 2.75) is 38.1 Å². The number of nitrogens with one attached hydrogen (secondary N) is 2. The number of nitrogens with zero attached hydrogens (tertiary/aromatic N) is 2. The van der Waals surface area contributed by atoms with E-state index in [1.54, 1.807) is 0 Å². The van der Waals surface area contributed by atoms with Crippen molar-refractivity contribution >= 4 is 29.2 Å².